The molecular weight excluding hydrogens is 456 g/mol. The van der Waals surface area contributed by atoms with Crippen LogP contribution >= 0.6 is 0 Å². The van der Waals surface area contributed by atoms with Gasteiger partial charge in [0.05, 0.1) is 5.60 Å². The molecule has 2 heterocycles. The summed E-state index contributed by atoms with van der Waals surface area (Å²) < 4.78 is 1.67. The van der Waals surface area contributed by atoms with E-state index >= 15 is 0 Å². The van der Waals surface area contributed by atoms with Crippen molar-refractivity contribution >= 4 is 28.8 Å². The summed E-state index contributed by atoms with van der Waals surface area (Å²) in [7, 11) is 0. The molecule has 4 aromatic rings. The fourth-order valence-corrected chi connectivity index (χ4v) is 3.70. The third-order valence-electron chi connectivity index (χ3n) is 5.56. The summed E-state index contributed by atoms with van der Waals surface area (Å²) in [6, 6.07) is 14.5. The Morgan fingerprint density at radius 2 is 1.72 bits per heavy atom. The number of rotatable bonds is 7. The van der Waals surface area contributed by atoms with Crippen LogP contribution < -0.4 is 16.4 Å². The maximum atomic E-state index is 12.5. The van der Waals surface area contributed by atoms with Crippen LogP contribution in [0, 0.1) is 0 Å². The molecule has 0 aliphatic heterocycles. The first-order valence-corrected chi connectivity index (χ1v) is 11.3. The number of amides is 2. The smallest absolute Gasteiger partial charge is 0.251 e. The van der Waals surface area contributed by atoms with Gasteiger partial charge < -0.3 is 21.5 Å². The lowest BCUT2D eigenvalue weighted by atomic mass is 9.96. The number of anilines is 2. The van der Waals surface area contributed by atoms with Gasteiger partial charge in [0.25, 0.3) is 11.8 Å². The standard InChI is InChI=1S/C27H28N6O3/c1-16(2)25(34)32-20-11-9-17(10-12-20)21-13-33-23(24(28)30-15-31-33)22(21)18-5-7-19(8-6-18)26(35)29-14-27(3,4)36/h5-13,15,36H,1,14H2,2-4H3,(H,29,35)(H,32,34)(H2,28,30,31). The van der Waals surface area contributed by atoms with Gasteiger partial charge >= 0.3 is 0 Å². The van der Waals surface area contributed by atoms with Crippen LogP contribution in [0.15, 0.2) is 73.2 Å². The topological polar surface area (TPSA) is 135 Å². The van der Waals surface area contributed by atoms with Crippen LogP contribution in [0.4, 0.5) is 11.5 Å². The largest absolute Gasteiger partial charge is 0.389 e. The van der Waals surface area contributed by atoms with E-state index in [1.807, 2.05) is 42.6 Å². The second-order valence-corrected chi connectivity index (χ2v) is 9.24. The highest BCUT2D eigenvalue weighted by Crippen LogP contribution is 2.38. The molecule has 2 aromatic carbocycles. The molecule has 184 valence electrons. The number of benzene rings is 2. The van der Waals surface area contributed by atoms with Crippen LogP contribution in [-0.4, -0.2) is 43.7 Å². The zero-order chi connectivity index (χ0) is 26.0. The van der Waals surface area contributed by atoms with E-state index in [1.165, 1.54) is 6.33 Å². The van der Waals surface area contributed by atoms with Crippen molar-refractivity contribution in [2.75, 3.05) is 17.6 Å². The first-order chi connectivity index (χ1) is 17.0. The number of carbonyl (C=O) groups is 2. The number of nitrogen functional groups attached to an aromatic ring is 1. The number of nitrogens with zero attached hydrogens (tertiary/aromatic N) is 3. The SMILES string of the molecule is C=C(C)C(=O)Nc1ccc(-c2cn3ncnc(N)c3c2-c2ccc(C(=O)NCC(C)(C)O)cc2)cc1. The summed E-state index contributed by atoms with van der Waals surface area (Å²) in [5.74, 6) is -0.197. The normalized spacial score (nSPS) is 11.3. The minimum atomic E-state index is -1.00. The van der Waals surface area contributed by atoms with Crippen LogP contribution in [0.25, 0.3) is 27.8 Å². The van der Waals surface area contributed by atoms with Gasteiger partial charge in [-0.3, -0.25) is 9.59 Å². The molecule has 0 radical (unpaired) electrons. The molecule has 2 amide bonds. The molecule has 9 nitrogen and oxygen atoms in total. The fraction of sp³-hybridized carbons (Fsp3) is 0.185. The highest BCUT2D eigenvalue weighted by molar-refractivity contribution is 6.03. The molecule has 0 bridgehead atoms. The van der Waals surface area contributed by atoms with Crippen molar-refractivity contribution in [1.29, 1.82) is 0 Å². The second-order valence-electron chi connectivity index (χ2n) is 9.24. The lowest BCUT2D eigenvalue weighted by molar-refractivity contribution is -0.112. The molecular formula is C27H28N6O3. The highest BCUT2D eigenvalue weighted by atomic mass is 16.3. The average Bonchev–Trinajstić information content (AvgIpc) is 3.23. The highest BCUT2D eigenvalue weighted by Gasteiger charge is 2.19. The van der Waals surface area contributed by atoms with E-state index in [2.05, 4.69) is 27.3 Å². The molecule has 0 saturated heterocycles. The van der Waals surface area contributed by atoms with E-state index in [4.69, 9.17) is 5.73 Å². The lowest BCUT2D eigenvalue weighted by Gasteiger charge is -2.17. The zero-order valence-corrected chi connectivity index (χ0v) is 20.4. The van der Waals surface area contributed by atoms with Crippen LogP contribution in [0.5, 0.6) is 0 Å². The van der Waals surface area contributed by atoms with Crippen molar-refractivity contribution in [1.82, 2.24) is 19.9 Å². The Kier molecular flexibility index (Phi) is 6.59. The Hall–Kier alpha value is -4.50. The zero-order valence-electron chi connectivity index (χ0n) is 20.4. The van der Waals surface area contributed by atoms with Crippen molar-refractivity contribution in [2.45, 2.75) is 26.4 Å². The number of fused-ring (bicyclic) bond motifs is 1. The van der Waals surface area contributed by atoms with Gasteiger partial charge in [0.15, 0.2) is 5.82 Å². The van der Waals surface area contributed by atoms with Crippen molar-refractivity contribution in [3.8, 4) is 22.3 Å². The van der Waals surface area contributed by atoms with Gasteiger partial charge in [-0.25, -0.2) is 9.50 Å². The van der Waals surface area contributed by atoms with Gasteiger partial charge in [0.1, 0.15) is 11.8 Å². The van der Waals surface area contributed by atoms with Gasteiger partial charge in [-0.15, -0.1) is 0 Å². The summed E-state index contributed by atoms with van der Waals surface area (Å²) in [5.41, 5.74) is 10.8. The van der Waals surface area contributed by atoms with E-state index in [0.29, 0.717) is 28.2 Å². The minimum absolute atomic E-state index is 0.137. The first kappa shape index (κ1) is 24.6. The Balaban J connectivity index is 1.72. The van der Waals surface area contributed by atoms with Crippen molar-refractivity contribution < 1.29 is 14.7 Å². The van der Waals surface area contributed by atoms with Crippen LogP contribution in [-0.2, 0) is 4.79 Å². The van der Waals surface area contributed by atoms with Gasteiger partial charge in [0.2, 0.25) is 0 Å². The van der Waals surface area contributed by atoms with Crippen molar-refractivity contribution in [3.63, 3.8) is 0 Å². The van der Waals surface area contributed by atoms with E-state index in [-0.39, 0.29) is 18.4 Å². The monoisotopic (exact) mass is 484 g/mol. The molecule has 0 unspecified atom stereocenters. The predicted molar refractivity (Wildman–Crippen MR) is 140 cm³/mol. The number of carbonyl (C=O) groups excluding carboxylic acids is 2. The van der Waals surface area contributed by atoms with Crippen molar-refractivity contribution in [3.05, 3.63) is 78.8 Å². The average molecular weight is 485 g/mol. The molecule has 0 saturated carbocycles. The number of aromatic nitrogens is 3. The molecule has 0 aliphatic rings. The molecule has 0 aliphatic carbocycles. The predicted octanol–water partition coefficient (Wildman–Crippen LogP) is 3.66. The second kappa shape index (κ2) is 9.63. The number of nitrogens with one attached hydrogen (secondary N) is 2. The van der Waals surface area contributed by atoms with Crippen LogP contribution in [0.2, 0.25) is 0 Å². The van der Waals surface area contributed by atoms with E-state index in [0.717, 1.165) is 22.3 Å². The first-order valence-electron chi connectivity index (χ1n) is 11.3. The molecule has 9 heteroatoms. The van der Waals surface area contributed by atoms with E-state index in [1.54, 1.807) is 37.4 Å². The third-order valence-corrected chi connectivity index (χ3v) is 5.56. The lowest BCUT2D eigenvalue weighted by Crippen LogP contribution is -2.38. The minimum Gasteiger partial charge on any atom is -0.389 e. The number of hydrogen-bond acceptors (Lipinski definition) is 6. The molecule has 0 fully saturated rings. The van der Waals surface area contributed by atoms with E-state index < -0.39 is 5.60 Å². The van der Waals surface area contributed by atoms with Gasteiger partial charge in [0, 0.05) is 40.7 Å². The van der Waals surface area contributed by atoms with Crippen molar-refractivity contribution in [2.24, 2.45) is 0 Å². The Bertz CT molecular complexity index is 1450. The van der Waals surface area contributed by atoms with Gasteiger partial charge in [-0.1, -0.05) is 30.8 Å². The molecule has 2 aromatic heterocycles. The molecule has 4 rings (SSSR count). The van der Waals surface area contributed by atoms with Gasteiger partial charge in [-0.05, 0) is 56.2 Å². The van der Waals surface area contributed by atoms with E-state index in [9.17, 15) is 14.7 Å². The number of aliphatic hydroxyl groups is 1. The Morgan fingerprint density at radius 3 is 2.33 bits per heavy atom. The number of hydrogen-bond donors (Lipinski definition) is 4. The third kappa shape index (κ3) is 5.26. The maximum absolute atomic E-state index is 12.5. The quantitative estimate of drug-likeness (QED) is 0.296. The molecule has 36 heavy (non-hydrogen) atoms. The Morgan fingerprint density at radius 1 is 1.08 bits per heavy atom. The summed E-state index contributed by atoms with van der Waals surface area (Å²) in [5, 5.41) is 19.7. The van der Waals surface area contributed by atoms with Crippen LogP contribution in [0.1, 0.15) is 31.1 Å². The Labute approximate surface area is 208 Å². The molecule has 0 spiro atoms. The summed E-state index contributed by atoms with van der Waals surface area (Å²) in [6.45, 7) is 8.70. The summed E-state index contributed by atoms with van der Waals surface area (Å²) >= 11 is 0. The molecule has 0 atom stereocenters. The van der Waals surface area contributed by atoms with Gasteiger partial charge in [-0.2, -0.15) is 5.10 Å². The fourth-order valence-electron chi connectivity index (χ4n) is 3.70. The summed E-state index contributed by atoms with van der Waals surface area (Å²) in [6.07, 6.45) is 3.26. The molecule has 5 N–H and O–H groups in total. The van der Waals surface area contributed by atoms with Crippen LogP contribution in [0.3, 0.4) is 0 Å². The summed E-state index contributed by atoms with van der Waals surface area (Å²) in [4.78, 5) is 28.6. The number of nitrogens with two attached hydrogens (primary N) is 1. The maximum Gasteiger partial charge on any atom is 0.251 e.